The number of ether oxygens (including phenoxy) is 1. The minimum Gasteiger partial charge on any atom is -0.493 e. The number of nitrogens with zero attached hydrogens (tertiary/aromatic N) is 4. The molecule has 1 saturated heterocycles. The highest BCUT2D eigenvalue weighted by Crippen LogP contribution is 2.30. The minimum atomic E-state index is -0.256. The lowest BCUT2D eigenvalue weighted by molar-refractivity contribution is -0.131. The number of aliphatic imine (C=N–C) groups is 1. The predicted molar refractivity (Wildman–Crippen MR) is 147 cm³/mol. The molecule has 1 aromatic carbocycles. The van der Waals surface area contributed by atoms with Crippen LogP contribution in [0.25, 0.3) is 0 Å². The van der Waals surface area contributed by atoms with Gasteiger partial charge in [-0.2, -0.15) is 0 Å². The summed E-state index contributed by atoms with van der Waals surface area (Å²) in [7, 11) is 3.45. The fraction of sp³-hybridized carbons (Fsp3) is 0.630. The van der Waals surface area contributed by atoms with Crippen molar-refractivity contribution in [1.29, 1.82) is 0 Å². The smallest absolute Gasteiger partial charge is 0.241 e. The van der Waals surface area contributed by atoms with E-state index < -0.39 is 0 Å². The molecule has 0 radical (unpaired) electrons. The molecule has 1 aromatic rings. The van der Waals surface area contributed by atoms with Gasteiger partial charge in [-0.05, 0) is 17.0 Å². The van der Waals surface area contributed by atoms with Crippen LogP contribution in [0.4, 0.5) is 5.69 Å². The quantitative estimate of drug-likeness (QED) is 0.435. The Bertz CT molecular complexity index is 1030. The topological polar surface area (TPSA) is 119 Å². The van der Waals surface area contributed by atoms with E-state index in [0.717, 1.165) is 31.7 Å². The number of carbonyl (C=O) groups is 3. The van der Waals surface area contributed by atoms with E-state index in [4.69, 9.17) is 4.74 Å². The van der Waals surface area contributed by atoms with Gasteiger partial charge in [0.25, 0.3) is 0 Å². The zero-order valence-corrected chi connectivity index (χ0v) is 23.6. The van der Waals surface area contributed by atoms with Crippen LogP contribution >= 0.6 is 0 Å². The fourth-order valence-corrected chi connectivity index (χ4v) is 4.74. The molecule has 210 valence electrons. The maximum absolute atomic E-state index is 12.9. The third-order valence-electron chi connectivity index (χ3n) is 6.50. The number of likely N-dealkylation sites (N-methyl/N-ethyl adjacent to an activating group) is 2. The molecule has 3 rings (SSSR count). The van der Waals surface area contributed by atoms with Gasteiger partial charge in [-0.3, -0.25) is 24.6 Å². The molecule has 3 N–H and O–H groups in total. The van der Waals surface area contributed by atoms with Crippen LogP contribution in [-0.4, -0.2) is 104 Å². The Balaban J connectivity index is 1.68. The van der Waals surface area contributed by atoms with Crippen LogP contribution in [0.15, 0.2) is 23.2 Å². The number of benzene rings is 1. The van der Waals surface area contributed by atoms with Gasteiger partial charge in [0.15, 0.2) is 0 Å². The molecule has 2 aliphatic rings. The number of amides is 3. The molecule has 2 aliphatic heterocycles. The zero-order valence-electron chi connectivity index (χ0n) is 23.6. The van der Waals surface area contributed by atoms with E-state index in [1.165, 1.54) is 6.92 Å². The Labute approximate surface area is 226 Å². The predicted octanol–water partition coefficient (Wildman–Crippen LogP) is 0.919. The second-order valence-corrected chi connectivity index (χ2v) is 11.1. The SMILES string of the molecule is CNC(=O)C(CCOc1ccc2c(c1)N=C(NC(C)=O)N(CC(=O)N(C)CC(C)(C)C)C2)N1CCNCC1. The van der Waals surface area contributed by atoms with Crippen molar-refractivity contribution in [3.63, 3.8) is 0 Å². The third kappa shape index (κ3) is 8.42. The molecule has 1 unspecified atom stereocenters. The van der Waals surface area contributed by atoms with Gasteiger partial charge in [-0.15, -0.1) is 0 Å². The van der Waals surface area contributed by atoms with Crippen molar-refractivity contribution in [1.82, 2.24) is 30.7 Å². The highest BCUT2D eigenvalue weighted by molar-refractivity contribution is 5.99. The lowest BCUT2D eigenvalue weighted by atomic mass is 9.96. The summed E-state index contributed by atoms with van der Waals surface area (Å²) < 4.78 is 6.02. The number of fused-ring (bicyclic) bond motifs is 1. The van der Waals surface area contributed by atoms with Crippen LogP contribution in [0.1, 0.15) is 39.7 Å². The first-order valence-electron chi connectivity index (χ1n) is 13.2. The lowest BCUT2D eigenvalue weighted by Crippen LogP contribution is -2.53. The molecule has 11 nitrogen and oxygen atoms in total. The molecular weight excluding hydrogens is 486 g/mol. The molecule has 0 aromatic heterocycles. The molecule has 1 fully saturated rings. The summed E-state index contributed by atoms with van der Waals surface area (Å²) >= 11 is 0. The summed E-state index contributed by atoms with van der Waals surface area (Å²) in [4.78, 5) is 47.6. The number of hydrogen-bond acceptors (Lipinski definition) is 8. The van der Waals surface area contributed by atoms with E-state index >= 15 is 0 Å². The Hall–Kier alpha value is -3.18. The van der Waals surface area contributed by atoms with Gasteiger partial charge in [0.05, 0.1) is 18.3 Å². The van der Waals surface area contributed by atoms with Crippen molar-refractivity contribution in [3.8, 4) is 5.75 Å². The average Bonchev–Trinajstić information content (AvgIpc) is 2.85. The molecule has 1 atom stereocenters. The summed E-state index contributed by atoms with van der Waals surface area (Å²) in [6.45, 7) is 12.6. The number of piperazine rings is 1. The minimum absolute atomic E-state index is 0.00623. The first-order chi connectivity index (χ1) is 18.0. The Morgan fingerprint density at radius 2 is 1.92 bits per heavy atom. The number of rotatable bonds is 9. The molecule has 0 saturated carbocycles. The van der Waals surface area contributed by atoms with Gasteiger partial charge in [0.2, 0.25) is 23.7 Å². The van der Waals surface area contributed by atoms with Gasteiger partial charge in [-0.25, -0.2) is 4.99 Å². The van der Waals surface area contributed by atoms with E-state index in [-0.39, 0.29) is 35.7 Å². The number of guanidine groups is 1. The maximum Gasteiger partial charge on any atom is 0.241 e. The van der Waals surface area contributed by atoms with Crippen molar-refractivity contribution in [2.75, 3.05) is 60.0 Å². The molecule has 38 heavy (non-hydrogen) atoms. The Morgan fingerprint density at radius 1 is 1.21 bits per heavy atom. The summed E-state index contributed by atoms with van der Waals surface area (Å²) in [5, 5.41) is 8.85. The largest absolute Gasteiger partial charge is 0.493 e. The zero-order chi connectivity index (χ0) is 27.9. The summed E-state index contributed by atoms with van der Waals surface area (Å²) in [5.74, 6) is 0.677. The standard InChI is InChI=1S/C27H43N7O4/c1-19(35)30-26-31-22-15-21(38-14-9-23(25(37)28-5)33-12-10-29-11-13-33)8-7-20(22)16-34(26)17-24(36)32(6)18-27(2,3)4/h7-8,15,23,29H,9-14,16-18H2,1-6H3,(H,28,37)(H,30,31,35). The molecule has 0 spiro atoms. The third-order valence-corrected chi connectivity index (χ3v) is 6.50. The van der Waals surface area contributed by atoms with Crippen LogP contribution in [0.2, 0.25) is 0 Å². The maximum atomic E-state index is 12.9. The van der Waals surface area contributed by atoms with Crippen molar-refractivity contribution >= 4 is 29.4 Å². The molecular formula is C27H43N7O4. The van der Waals surface area contributed by atoms with Crippen LogP contribution in [0, 0.1) is 5.41 Å². The average molecular weight is 530 g/mol. The monoisotopic (exact) mass is 529 g/mol. The first-order valence-corrected chi connectivity index (χ1v) is 13.2. The Morgan fingerprint density at radius 3 is 2.55 bits per heavy atom. The van der Waals surface area contributed by atoms with Gasteiger partial charge in [0.1, 0.15) is 12.3 Å². The second-order valence-electron chi connectivity index (χ2n) is 11.1. The van der Waals surface area contributed by atoms with Gasteiger partial charge in [0, 0.05) is 72.8 Å². The van der Waals surface area contributed by atoms with Gasteiger partial charge in [-0.1, -0.05) is 26.8 Å². The van der Waals surface area contributed by atoms with E-state index in [9.17, 15) is 14.4 Å². The Kier molecular flexibility index (Phi) is 10.1. The van der Waals surface area contributed by atoms with E-state index in [1.807, 2.05) is 18.2 Å². The van der Waals surface area contributed by atoms with E-state index in [2.05, 4.69) is 46.6 Å². The molecule has 3 amide bonds. The molecule has 0 bridgehead atoms. The summed E-state index contributed by atoms with van der Waals surface area (Å²) in [5.41, 5.74) is 1.60. The normalized spacial score (nSPS) is 16.7. The van der Waals surface area contributed by atoms with Gasteiger partial charge >= 0.3 is 0 Å². The highest BCUT2D eigenvalue weighted by atomic mass is 16.5. The van der Waals surface area contributed by atoms with Crippen LogP contribution in [-0.2, 0) is 20.9 Å². The number of carbonyl (C=O) groups excluding carboxylic acids is 3. The molecule has 2 heterocycles. The number of nitrogens with one attached hydrogen (secondary N) is 3. The number of hydrogen-bond donors (Lipinski definition) is 3. The second kappa shape index (κ2) is 13.1. The highest BCUT2D eigenvalue weighted by Gasteiger charge is 2.28. The summed E-state index contributed by atoms with van der Waals surface area (Å²) in [6, 6.07) is 5.40. The molecule has 0 aliphatic carbocycles. The van der Waals surface area contributed by atoms with E-state index in [1.54, 1.807) is 23.9 Å². The van der Waals surface area contributed by atoms with Crippen molar-refractivity contribution in [2.45, 2.75) is 46.7 Å². The fourth-order valence-electron chi connectivity index (χ4n) is 4.74. The van der Waals surface area contributed by atoms with Crippen molar-refractivity contribution in [3.05, 3.63) is 23.8 Å². The first kappa shape index (κ1) is 29.4. The van der Waals surface area contributed by atoms with Crippen molar-refractivity contribution < 1.29 is 19.1 Å². The lowest BCUT2D eigenvalue weighted by Gasteiger charge is -2.33. The van der Waals surface area contributed by atoms with Gasteiger partial charge < -0.3 is 25.2 Å². The van der Waals surface area contributed by atoms with E-state index in [0.29, 0.717) is 43.5 Å². The molecule has 11 heteroatoms. The van der Waals surface area contributed by atoms with Crippen LogP contribution < -0.4 is 20.7 Å². The summed E-state index contributed by atoms with van der Waals surface area (Å²) in [6.07, 6.45) is 0.565. The van der Waals surface area contributed by atoms with Crippen molar-refractivity contribution in [2.24, 2.45) is 10.4 Å². The van der Waals surface area contributed by atoms with Crippen LogP contribution in [0.3, 0.4) is 0 Å². The van der Waals surface area contributed by atoms with Crippen LogP contribution in [0.5, 0.6) is 5.75 Å².